The molecule has 3 heteroatoms. The Bertz CT molecular complexity index is 419. The highest BCUT2D eigenvalue weighted by molar-refractivity contribution is 5.94. The zero-order valence-electron chi connectivity index (χ0n) is 11.9. The van der Waals surface area contributed by atoms with Crippen molar-refractivity contribution in [1.82, 2.24) is 4.90 Å². The molecule has 0 aliphatic heterocycles. The van der Waals surface area contributed by atoms with Crippen LogP contribution in [0.15, 0.2) is 24.3 Å². The van der Waals surface area contributed by atoms with Crippen molar-refractivity contribution in [1.29, 1.82) is 0 Å². The van der Waals surface area contributed by atoms with Gasteiger partial charge in [-0.15, -0.1) is 0 Å². The van der Waals surface area contributed by atoms with Crippen molar-refractivity contribution < 1.29 is 4.79 Å². The summed E-state index contributed by atoms with van der Waals surface area (Å²) in [5.41, 5.74) is 7.13. The molecule has 3 nitrogen and oxygen atoms in total. The van der Waals surface area contributed by atoms with Crippen LogP contribution in [-0.2, 0) is 0 Å². The third-order valence-electron chi connectivity index (χ3n) is 3.75. The second kappa shape index (κ2) is 6.09. The van der Waals surface area contributed by atoms with Gasteiger partial charge >= 0.3 is 0 Å². The van der Waals surface area contributed by atoms with Gasteiger partial charge in [-0.05, 0) is 43.0 Å². The number of hydrogen-bond acceptors (Lipinski definition) is 2. The minimum absolute atomic E-state index is 0.153. The Balaban J connectivity index is 2.16. The van der Waals surface area contributed by atoms with Crippen molar-refractivity contribution in [2.75, 3.05) is 12.3 Å². The van der Waals surface area contributed by atoms with E-state index in [-0.39, 0.29) is 5.91 Å². The lowest BCUT2D eigenvalue weighted by Gasteiger charge is -2.30. The van der Waals surface area contributed by atoms with Crippen LogP contribution in [0.25, 0.3) is 0 Å². The first-order valence-electron chi connectivity index (χ1n) is 7.24. The summed E-state index contributed by atoms with van der Waals surface area (Å²) >= 11 is 0. The maximum atomic E-state index is 12.7. The van der Waals surface area contributed by atoms with Gasteiger partial charge in [-0.1, -0.05) is 26.7 Å². The second-order valence-corrected chi connectivity index (χ2v) is 5.91. The molecule has 1 aromatic rings. The van der Waals surface area contributed by atoms with Gasteiger partial charge in [0, 0.05) is 23.8 Å². The number of rotatable bonds is 4. The minimum atomic E-state index is 0.153. The quantitative estimate of drug-likeness (QED) is 0.844. The standard InChI is InChI=1S/C16H24N2O/c1-12(2)11-18(15-5-3-4-6-15)16(19)13-7-9-14(17)10-8-13/h7-10,12,15H,3-6,11,17H2,1-2H3. The molecule has 104 valence electrons. The number of anilines is 1. The van der Waals surface area contributed by atoms with Crippen LogP contribution in [0, 0.1) is 5.92 Å². The Morgan fingerprint density at radius 3 is 2.37 bits per heavy atom. The normalized spacial score (nSPS) is 15.9. The van der Waals surface area contributed by atoms with Crippen molar-refractivity contribution in [2.24, 2.45) is 5.92 Å². The first-order chi connectivity index (χ1) is 9.08. The third kappa shape index (κ3) is 3.49. The lowest BCUT2D eigenvalue weighted by molar-refractivity contribution is 0.0655. The average Bonchev–Trinajstić information content (AvgIpc) is 2.89. The van der Waals surface area contributed by atoms with Gasteiger partial charge in [-0.25, -0.2) is 0 Å². The van der Waals surface area contributed by atoms with Crippen LogP contribution >= 0.6 is 0 Å². The summed E-state index contributed by atoms with van der Waals surface area (Å²) in [6, 6.07) is 7.69. The molecule has 1 saturated carbocycles. The Morgan fingerprint density at radius 1 is 1.26 bits per heavy atom. The van der Waals surface area contributed by atoms with Crippen LogP contribution in [0.1, 0.15) is 49.9 Å². The molecule has 0 atom stereocenters. The van der Waals surface area contributed by atoms with E-state index in [1.165, 1.54) is 12.8 Å². The maximum absolute atomic E-state index is 12.7. The highest BCUT2D eigenvalue weighted by Gasteiger charge is 2.27. The molecular formula is C16H24N2O. The predicted molar refractivity (Wildman–Crippen MR) is 79.0 cm³/mol. The first kappa shape index (κ1) is 13.9. The number of carbonyl (C=O) groups is 1. The fourth-order valence-electron chi connectivity index (χ4n) is 2.80. The SMILES string of the molecule is CC(C)CN(C(=O)c1ccc(N)cc1)C1CCCC1. The third-order valence-corrected chi connectivity index (χ3v) is 3.75. The smallest absolute Gasteiger partial charge is 0.254 e. The molecular weight excluding hydrogens is 236 g/mol. The summed E-state index contributed by atoms with van der Waals surface area (Å²) in [5, 5.41) is 0. The summed E-state index contributed by atoms with van der Waals surface area (Å²) in [7, 11) is 0. The molecule has 1 aromatic carbocycles. The van der Waals surface area contributed by atoms with Gasteiger partial charge in [-0.2, -0.15) is 0 Å². The molecule has 19 heavy (non-hydrogen) atoms. The van der Waals surface area contributed by atoms with E-state index in [2.05, 4.69) is 18.7 Å². The van der Waals surface area contributed by atoms with E-state index in [1.807, 2.05) is 12.1 Å². The number of nitrogen functional groups attached to an aromatic ring is 1. The van der Waals surface area contributed by atoms with Crippen molar-refractivity contribution >= 4 is 11.6 Å². The zero-order valence-corrected chi connectivity index (χ0v) is 11.9. The average molecular weight is 260 g/mol. The summed E-state index contributed by atoms with van der Waals surface area (Å²) in [4.78, 5) is 14.7. The molecule has 0 saturated heterocycles. The van der Waals surface area contributed by atoms with E-state index in [0.717, 1.165) is 24.9 Å². The van der Waals surface area contributed by atoms with Gasteiger partial charge in [0.25, 0.3) is 5.91 Å². The van der Waals surface area contributed by atoms with E-state index in [0.29, 0.717) is 17.6 Å². The van der Waals surface area contributed by atoms with E-state index < -0.39 is 0 Å². The molecule has 1 fully saturated rings. The van der Waals surface area contributed by atoms with Crippen LogP contribution in [-0.4, -0.2) is 23.4 Å². The minimum Gasteiger partial charge on any atom is -0.399 e. The van der Waals surface area contributed by atoms with Gasteiger partial charge < -0.3 is 10.6 Å². The van der Waals surface area contributed by atoms with E-state index in [4.69, 9.17) is 5.73 Å². The fourth-order valence-corrected chi connectivity index (χ4v) is 2.80. The molecule has 1 aliphatic rings. The van der Waals surface area contributed by atoms with Crippen molar-refractivity contribution in [3.05, 3.63) is 29.8 Å². The second-order valence-electron chi connectivity index (χ2n) is 5.91. The van der Waals surface area contributed by atoms with Crippen LogP contribution in [0.4, 0.5) is 5.69 Å². The maximum Gasteiger partial charge on any atom is 0.254 e. The Kier molecular flexibility index (Phi) is 4.46. The summed E-state index contributed by atoms with van der Waals surface area (Å²) in [6.07, 6.45) is 4.78. The molecule has 0 bridgehead atoms. The molecule has 0 heterocycles. The molecule has 1 amide bonds. The van der Waals surface area contributed by atoms with Gasteiger partial charge in [-0.3, -0.25) is 4.79 Å². The topological polar surface area (TPSA) is 46.3 Å². The highest BCUT2D eigenvalue weighted by Crippen LogP contribution is 2.26. The molecule has 0 aromatic heterocycles. The van der Waals surface area contributed by atoms with Gasteiger partial charge in [0.05, 0.1) is 0 Å². The van der Waals surface area contributed by atoms with Gasteiger partial charge in [0.1, 0.15) is 0 Å². The summed E-state index contributed by atoms with van der Waals surface area (Å²) in [6.45, 7) is 5.17. The summed E-state index contributed by atoms with van der Waals surface area (Å²) < 4.78 is 0. The lowest BCUT2D eigenvalue weighted by Crippen LogP contribution is -2.41. The zero-order chi connectivity index (χ0) is 13.8. The number of nitrogens with zero attached hydrogens (tertiary/aromatic N) is 1. The Labute approximate surface area is 115 Å². The van der Waals surface area contributed by atoms with Gasteiger partial charge in [0.15, 0.2) is 0 Å². The number of carbonyl (C=O) groups excluding carboxylic acids is 1. The lowest BCUT2D eigenvalue weighted by atomic mass is 10.1. The van der Waals surface area contributed by atoms with E-state index in [9.17, 15) is 4.79 Å². The Morgan fingerprint density at radius 2 is 1.84 bits per heavy atom. The largest absolute Gasteiger partial charge is 0.399 e. The van der Waals surface area contributed by atoms with Crippen molar-refractivity contribution in [3.63, 3.8) is 0 Å². The number of amides is 1. The highest BCUT2D eigenvalue weighted by atomic mass is 16.2. The van der Waals surface area contributed by atoms with Crippen LogP contribution in [0.3, 0.4) is 0 Å². The van der Waals surface area contributed by atoms with Crippen LogP contribution in [0.2, 0.25) is 0 Å². The molecule has 1 aliphatic carbocycles. The van der Waals surface area contributed by atoms with Crippen LogP contribution < -0.4 is 5.73 Å². The molecule has 2 rings (SSSR count). The summed E-state index contributed by atoms with van der Waals surface area (Å²) in [5.74, 6) is 0.652. The predicted octanol–water partition coefficient (Wildman–Crippen LogP) is 3.31. The van der Waals surface area contributed by atoms with E-state index >= 15 is 0 Å². The molecule has 0 radical (unpaired) electrons. The van der Waals surface area contributed by atoms with Gasteiger partial charge in [0.2, 0.25) is 0 Å². The fraction of sp³-hybridized carbons (Fsp3) is 0.562. The molecule has 0 spiro atoms. The number of benzene rings is 1. The molecule has 2 N–H and O–H groups in total. The number of hydrogen-bond donors (Lipinski definition) is 1. The van der Waals surface area contributed by atoms with Crippen molar-refractivity contribution in [3.8, 4) is 0 Å². The van der Waals surface area contributed by atoms with E-state index in [1.54, 1.807) is 12.1 Å². The number of nitrogens with two attached hydrogens (primary N) is 1. The van der Waals surface area contributed by atoms with Crippen LogP contribution in [0.5, 0.6) is 0 Å². The Hall–Kier alpha value is -1.51. The molecule has 0 unspecified atom stereocenters. The van der Waals surface area contributed by atoms with Crippen molar-refractivity contribution in [2.45, 2.75) is 45.6 Å². The monoisotopic (exact) mass is 260 g/mol. The first-order valence-corrected chi connectivity index (χ1v) is 7.24.